The highest BCUT2D eigenvalue weighted by Gasteiger charge is 2.04. The lowest BCUT2D eigenvalue weighted by molar-refractivity contribution is 0.598. The monoisotopic (exact) mass is 298 g/mol. The highest BCUT2D eigenvalue weighted by molar-refractivity contribution is 5.41. The summed E-state index contributed by atoms with van der Waals surface area (Å²) in [6.45, 7) is 0. The molecule has 0 aromatic heterocycles. The first-order valence-electron chi connectivity index (χ1n) is 9.69. The molecule has 122 valence electrons. The maximum absolute atomic E-state index is 2.50. The number of allylic oxidation sites excluding steroid dienone is 8. The molecular weight excluding hydrogens is 264 g/mol. The summed E-state index contributed by atoms with van der Waals surface area (Å²) in [5, 5.41) is 0. The van der Waals surface area contributed by atoms with Crippen molar-refractivity contribution in [3.05, 3.63) is 47.6 Å². The second-order valence-electron chi connectivity index (χ2n) is 6.83. The predicted molar refractivity (Wildman–Crippen MR) is 99.1 cm³/mol. The Bertz CT molecular complexity index is 406. The van der Waals surface area contributed by atoms with Crippen LogP contribution in [0.1, 0.15) is 89.9 Å². The fourth-order valence-corrected chi connectivity index (χ4v) is 3.42. The average Bonchev–Trinajstić information content (AvgIpc) is 2.53. The fraction of sp³-hybridized carbons (Fsp3) is 0.636. The van der Waals surface area contributed by atoms with Gasteiger partial charge in [0.2, 0.25) is 0 Å². The van der Waals surface area contributed by atoms with Gasteiger partial charge in [-0.25, -0.2) is 0 Å². The zero-order valence-corrected chi connectivity index (χ0v) is 14.4. The van der Waals surface area contributed by atoms with Crippen molar-refractivity contribution in [2.75, 3.05) is 0 Å². The molecule has 2 aliphatic rings. The van der Waals surface area contributed by atoms with Gasteiger partial charge >= 0.3 is 0 Å². The summed E-state index contributed by atoms with van der Waals surface area (Å²) in [4.78, 5) is 0. The summed E-state index contributed by atoms with van der Waals surface area (Å²) in [6, 6.07) is 0. The van der Waals surface area contributed by atoms with Crippen LogP contribution in [0.4, 0.5) is 0 Å². The number of hydrogen-bond acceptors (Lipinski definition) is 0. The molecule has 0 unspecified atom stereocenters. The van der Waals surface area contributed by atoms with Gasteiger partial charge in [-0.05, 0) is 62.5 Å². The molecule has 22 heavy (non-hydrogen) atoms. The summed E-state index contributed by atoms with van der Waals surface area (Å²) in [7, 11) is 0. The Morgan fingerprint density at radius 3 is 2.05 bits per heavy atom. The third kappa shape index (κ3) is 7.29. The minimum Gasteiger partial charge on any atom is -0.0845 e. The van der Waals surface area contributed by atoms with Crippen molar-refractivity contribution in [3.63, 3.8) is 0 Å². The van der Waals surface area contributed by atoms with Crippen LogP contribution in [-0.4, -0.2) is 0 Å². The third-order valence-corrected chi connectivity index (χ3v) is 4.86. The van der Waals surface area contributed by atoms with E-state index in [1.54, 1.807) is 5.57 Å². The summed E-state index contributed by atoms with van der Waals surface area (Å²) >= 11 is 0. The lowest BCUT2D eigenvalue weighted by Crippen LogP contribution is -1.92. The van der Waals surface area contributed by atoms with Crippen LogP contribution in [0.5, 0.6) is 0 Å². The van der Waals surface area contributed by atoms with Crippen molar-refractivity contribution in [2.24, 2.45) is 0 Å². The largest absolute Gasteiger partial charge is 0.0845 e. The third-order valence-electron chi connectivity index (χ3n) is 4.86. The standard InChI is InChI=1S/C22H34/c1-2-5-9-13-17-21(18-14-10-6-3-1)22-19-15-11-7-4-8-12-16-20-22/h11,13,15,17-19H,1-10,12,14,16,20H2/b15-11+,17-13+,21-18?,22-19?. The van der Waals surface area contributed by atoms with Crippen molar-refractivity contribution in [1.29, 1.82) is 0 Å². The molecule has 0 saturated heterocycles. The molecule has 0 N–H and O–H groups in total. The van der Waals surface area contributed by atoms with Crippen LogP contribution in [0.3, 0.4) is 0 Å². The van der Waals surface area contributed by atoms with Gasteiger partial charge in [0.05, 0.1) is 0 Å². The van der Waals surface area contributed by atoms with Crippen molar-refractivity contribution < 1.29 is 0 Å². The molecule has 0 saturated carbocycles. The second kappa shape index (κ2) is 11.5. The maximum atomic E-state index is 2.50. The van der Waals surface area contributed by atoms with Crippen molar-refractivity contribution in [2.45, 2.75) is 89.9 Å². The summed E-state index contributed by atoms with van der Waals surface area (Å²) in [5.74, 6) is 0. The van der Waals surface area contributed by atoms with E-state index in [1.165, 1.54) is 95.5 Å². The van der Waals surface area contributed by atoms with Gasteiger partial charge in [0.15, 0.2) is 0 Å². The van der Waals surface area contributed by atoms with Crippen LogP contribution >= 0.6 is 0 Å². The van der Waals surface area contributed by atoms with E-state index < -0.39 is 0 Å². The van der Waals surface area contributed by atoms with Crippen LogP contribution < -0.4 is 0 Å². The lowest BCUT2D eigenvalue weighted by Gasteiger charge is -2.11. The van der Waals surface area contributed by atoms with E-state index in [2.05, 4.69) is 36.5 Å². The Morgan fingerprint density at radius 2 is 1.23 bits per heavy atom. The molecule has 0 aromatic carbocycles. The molecule has 0 fully saturated rings. The molecule has 0 heterocycles. The Hall–Kier alpha value is -1.04. The summed E-state index contributed by atoms with van der Waals surface area (Å²) in [5.41, 5.74) is 3.07. The van der Waals surface area contributed by atoms with Gasteiger partial charge in [0.25, 0.3) is 0 Å². The predicted octanol–water partition coefficient (Wildman–Crippen LogP) is 7.44. The number of hydrogen-bond donors (Lipinski definition) is 0. The first-order valence-corrected chi connectivity index (χ1v) is 9.69. The molecule has 0 nitrogen and oxygen atoms in total. The van der Waals surface area contributed by atoms with Crippen LogP contribution in [0.25, 0.3) is 0 Å². The highest BCUT2D eigenvalue weighted by atomic mass is 14.1. The Labute approximate surface area is 138 Å². The highest BCUT2D eigenvalue weighted by Crippen LogP contribution is 2.23. The zero-order chi connectivity index (χ0) is 15.3. The van der Waals surface area contributed by atoms with Gasteiger partial charge in [0, 0.05) is 0 Å². The smallest absolute Gasteiger partial charge is 0.0268 e. The average molecular weight is 299 g/mol. The maximum Gasteiger partial charge on any atom is -0.0268 e. The Balaban J connectivity index is 2.07. The van der Waals surface area contributed by atoms with E-state index in [4.69, 9.17) is 0 Å². The van der Waals surface area contributed by atoms with E-state index in [0.29, 0.717) is 0 Å². The first kappa shape index (κ1) is 17.3. The van der Waals surface area contributed by atoms with E-state index in [0.717, 1.165) is 0 Å². The van der Waals surface area contributed by atoms with Gasteiger partial charge < -0.3 is 0 Å². The van der Waals surface area contributed by atoms with Crippen LogP contribution in [0.2, 0.25) is 0 Å². The quantitative estimate of drug-likeness (QED) is 0.472. The minimum atomic E-state index is 1.25. The van der Waals surface area contributed by atoms with Gasteiger partial charge in [0.1, 0.15) is 0 Å². The molecular formula is C22H34. The normalized spacial score (nSPS) is 25.8. The molecule has 0 radical (unpaired) electrons. The summed E-state index contributed by atoms with van der Waals surface area (Å²) in [6.07, 6.45) is 33.3. The van der Waals surface area contributed by atoms with Crippen molar-refractivity contribution in [1.82, 2.24) is 0 Å². The Kier molecular flexibility index (Phi) is 9.07. The molecule has 0 heteroatoms. The van der Waals surface area contributed by atoms with E-state index in [1.807, 2.05) is 0 Å². The summed E-state index contributed by atoms with van der Waals surface area (Å²) < 4.78 is 0. The van der Waals surface area contributed by atoms with Gasteiger partial charge in [-0.3, -0.25) is 0 Å². The van der Waals surface area contributed by atoms with Crippen LogP contribution in [-0.2, 0) is 0 Å². The van der Waals surface area contributed by atoms with Crippen LogP contribution in [0, 0.1) is 0 Å². The fourth-order valence-electron chi connectivity index (χ4n) is 3.42. The van der Waals surface area contributed by atoms with Gasteiger partial charge in [-0.1, -0.05) is 75.0 Å². The van der Waals surface area contributed by atoms with Crippen molar-refractivity contribution in [3.8, 4) is 0 Å². The lowest BCUT2D eigenvalue weighted by atomic mass is 9.95. The molecule has 0 spiro atoms. The molecule has 0 atom stereocenters. The SMILES string of the molecule is C1=C(C2=C/C=C/CCCCCC2)/C=C/CCCCCCCC1. The molecule has 0 aromatic rings. The van der Waals surface area contributed by atoms with Gasteiger partial charge in [-0.15, -0.1) is 0 Å². The Morgan fingerprint density at radius 1 is 0.591 bits per heavy atom. The molecule has 0 aliphatic heterocycles. The molecule has 0 bridgehead atoms. The van der Waals surface area contributed by atoms with Gasteiger partial charge in [-0.2, -0.15) is 0 Å². The zero-order valence-electron chi connectivity index (χ0n) is 14.4. The molecule has 2 aliphatic carbocycles. The van der Waals surface area contributed by atoms with Crippen molar-refractivity contribution >= 4 is 0 Å². The van der Waals surface area contributed by atoms with E-state index >= 15 is 0 Å². The van der Waals surface area contributed by atoms with Crippen LogP contribution in [0.15, 0.2) is 47.6 Å². The molecule has 0 amide bonds. The van der Waals surface area contributed by atoms with E-state index in [-0.39, 0.29) is 0 Å². The topological polar surface area (TPSA) is 0 Å². The molecule has 2 rings (SSSR count). The van der Waals surface area contributed by atoms with E-state index in [9.17, 15) is 0 Å². The number of rotatable bonds is 1. The minimum absolute atomic E-state index is 1.25. The first-order chi connectivity index (χ1) is 11.0. The second-order valence-corrected chi connectivity index (χ2v) is 6.83.